The number of hydrogen-bond donors (Lipinski definition) is 2. The second-order valence-electron chi connectivity index (χ2n) is 3.98. The Bertz CT molecular complexity index is 566. The normalized spacial score (nSPS) is 12.9. The van der Waals surface area contributed by atoms with Crippen LogP contribution in [-0.4, -0.2) is 9.78 Å². The fourth-order valence-electron chi connectivity index (χ4n) is 1.91. The largest absolute Gasteiger partial charge is 0.271 e. The summed E-state index contributed by atoms with van der Waals surface area (Å²) in [5.74, 6) is 5.66. The van der Waals surface area contributed by atoms with Crippen LogP contribution in [0.15, 0.2) is 12.3 Å². The van der Waals surface area contributed by atoms with Gasteiger partial charge >= 0.3 is 0 Å². The lowest BCUT2D eigenvalue weighted by Gasteiger charge is -2.18. The average molecular weight is 340 g/mol. The van der Waals surface area contributed by atoms with Crippen molar-refractivity contribution >= 4 is 46.1 Å². The first kappa shape index (κ1) is 15.1. The molecular formula is C11H13Cl3N4S. The van der Waals surface area contributed by atoms with Crippen molar-refractivity contribution in [3.05, 3.63) is 37.2 Å². The third-order valence-electron chi connectivity index (χ3n) is 2.70. The molecule has 104 valence electrons. The molecule has 0 spiro atoms. The zero-order valence-corrected chi connectivity index (χ0v) is 13.2. The summed E-state index contributed by atoms with van der Waals surface area (Å²) in [6.07, 6.45) is 2.55. The van der Waals surface area contributed by atoms with Gasteiger partial charge in [-0.3, -0.25) is 10.5 Å². The summed E-state index contributed by atoms with van der Waals surface area (Å²) in [7, 11) is 0. The van der Waals surface area contributed by atoms with Gasteiger partial charge in [0.2, 0.25) is 0 Å². The van der Waals surface area contributed by atoms with Crippen LogP contribution in [0.5, 0.6) is 0 Å². The van der Waals surface area contributed by atoms with Crippen molar-refractivity contribution in [3.8, 4) is 0 Å². The van der Waals surface area contributed by atoms with Crippen LogP contribution < -0.4 is 11.3 Å². The lowest BCUT2D eigenvalue weighted by molar-refractivity contribution is 0.522. The summed E-state index contributed by atoms with van der Waals surface area (Å²) < 4.78 is 3.03. The SMILES string of the molecule is CCCn1ncc(Cl)c1C(NN)c1cc(Cl)sc1Cl. The molecule has 1 atom stereocenters. The highest BCUT2D eigenvalue weighted by Crippen LogP contribution is 2.38. The van der Waals surface area contributed by atoms with Crippen LogP contribution in [0.4, 0.5) is 0 Å². The van der Waals surface area contributed by atoms with E-state index in [1.807, 2.05) is 4.68 Å². The van der Waals surface area contributed by atoms with Crippen LogP contribution in [0.3, 0.4) is 0 Å². The molecule has 0 fully saturated rings. The van der Waals surface area contributed by atoms with Gasteiger partial charge in [0.1, 0.15) is 0 Å². The fourth-order valence-corrected chi connectivity index (χ4v) is 3.70. The lowest BCUT2D eigenvalue weighted by Crippen LogP contribution is -2.31. The molecular weight excluding hydrogens is 327 g/mol. The second-order valence-corrected chi connectivity index (χ2v) is 6.67. The quantitative estimate of drug-likeness (QED) is 0.642. The molecule has 1 unspecified atom stereocenters. The monoisotopic (exact) mass is 338 g/mol. The van der Waals surface area contributed by atoms with E-state index in [9.17, 15) is 0 Å². The van der Waals surface area contributed by atoms with Crippen molar-refractivity contribution in [3.63, 3.8) is 0 Å². The van der Waals surface area contributed by atoms with Gasteiger partial charge in [-0.1, -0.05) is 41.7 Å². The van der Waals surface area contributed by atoms with Gasteiger partial charge in [0, 0.05) is 12.1 Å². The van der Waals surface area contributed by atoms with Crippen LogP contribution >= 0.6 is 46.1 Å². The predicted octanol–water partition coefficient (Wildman–Crippen LogP) is 3.87. The maximum absolute atomic E-state index is 6.21. The molecule has 0 aliphatic heterocycles. The van der Waals surface area contributed by atoms with Crippen molar-refractivity contribution in [2.75, 3.05) is 0 Å². The highest BCUT2D eigenvalue weighted by molar-refractivity contribution is 7.20. The van der Waals surface area contributed by atoms with E-state index in [-0.39, 0.29) is 6.04 Å². The first-order valence-electron chi connectivity index (χ1n) is 5.70. The van der Waals surface area contributed by atoms with Gasteiger partial charge < -0.3 is 0 Å². The van der Waals surface area contributed by atoms with Gasteiger partial charge in [0.25, 0.3) is 0 Å². The van der Waals surface area contributed by atoms with Gasteiger partial charge in [0.15, 0.2) is 0 Å². The number of aromatic nitrogens is 2. The predicted molar refractivity (Wildman–Crippen MR) is 81.0 cm³/mol. The fraction of sp³-hybridized carbons (Fsp3) is 0.364. The number of hydrogen-bond acceptors (Lipinski definition) is 4. The minimum absolute atomic E-state index is 0.335. The van der Waals surface area contributed by atoms with Gasteiger partial charge in [-0.15, -0.1) is 11.3 Å². The molecule has 2 heterocycles. The van der Waals surface area contributed by atoms with Crippen LogP contribution in [0, 0.1) is 0 Å². The molecule has 3 N–H and O–H groups in total. The first-order chi connectivity index (χ1) is 9.08. The molecule has 0 radical (unpaired) electrons. The van der Waals surface area contributed by atoms with E-state index in [0.29, 0.717) is 13.7 Å². The molecule has 0 amide bonds. The first-order valence-corrected chi connectivity index (χ1v) is 7.65. The molecule has 0 bridgehead atoms. The van der Waals surface area contributed by atoms with Crippen LogP contribution in [-0.2, 0) is 6.54 Å². The Morgan fingerprint density at radius 3 is 2.74 bits per heavy atom. The average Bonchev–Trinajstić information content (AvgIpc) is 2.87. The van der Waals surface area contributed by atoms with E-state index >= 15 is 0 Å². The highest BCUT2D eigenvalue weighted by Gasteiger charge is 2.24. The summed E-state index contributed by atoms with van der Waals surface area (Å²) in [5.41, 5.74) is 4.33. The van der Waals surface area contributed by atoms with Crippen molar-refractivity contribution in [2.24, 2.45) is 5.84 Å². The molecule has 8 heteroatoms. The molecule has 0 aromatic carbocycles. The number of nitrogens with one attached hydrogen (secondary N) is 1. The number of nitrogens with two attached hydrogens (primary N) is 1. The van der Waals surface area contributed by atoms with Gasteiger partial charge in [0.05, 0.1) is 31.6 Å². The van der Waals surface area contributed by atoms with E-state index in [2.05, 4.69) is 17.4 Å². The van der Waals surface area contributed by atoms with Gasteiger partial charge in [-0.2, -0.15) is 5.10 Å². The van der Waals surface area contributed by atoms with E-state index in [1.165, 1.54) is 11.3 Å². The summed E-state index contributed by atoms with van der Waals surface area (Å²) >= 11 is 19.7. The van der Waals surface area contributed by atoms with E-state index in [4.69, 9.17) is 40.6 Å². The Morgan fingerprint density at radius 1 is 1.47 bits per heavy atom. The number of nitrogens with zero attached hydrogens (tertiary/aromatic N) is 2. The molecule has 2 aromatic rings. The molecule has 2 rings (SSSR count). The Balaban J connectivity index is 2.47. The zero-order valence-electron chi connectivity index (χ0n) is 10.2. The Kier molecular flexibility index (Phi) is 5.11. The van der Waals surface area contributed by atoms with E-state index < -0.39 is 0 Å². The molecule has 19 heavy (non-hydrogen) atoms. The minimum atomic E-state index is -0.335. The maximum atomic E-state index is 6.21. The van der Waals surface area contributed by atoms with E-state index in [0.717, 1.165) is 24.2 Å². The molecule has 0 saturated heterocycles. The van der Waals surface area contributed by atoms with Crippen LogP contribution in [0.2, 0.25) is 13.7 Å². The Hall–Kier alpha value is -0.300. The van der Waals surface area contributed by atoms with Crippen molar-refractivity contribution in [2.45, 2.75) is 25.9 Å². The molecule has 2 aromatic heterocycles. The van der Waals surface area contributed by atoms with Crippen molar-refractivity contribution in [1.29, 1.82) is 0 Å². The minimum Gasteiger partial charge on any atom is -0.271 e. The summed E-state index contributed by atoms with van der Waals surface area (Å²) in [6.45, 7) is 2.83. The Morgan fingerprint density at radius 2 is 2.21 bits per heavy atom. The second kappa shape index (κ2) is 6.43. The maximum Gasteiger partial charge on any atom is 0.0996 e. The van der Waals surface area contributed by atoms with Gasteiger partial charge in [-0.25, -0.2) is 5.43 Å². The topological polar surface area (TPSA) is 55.9 Å². The van der Waals surface area contributed by atoms with Crippen LogP contribution in [0.1, 0.15) is 30.6 Å². The Labute approximate surface area is 130 Å². The summed E-state index contributed by atoms with van der Waals surface area (Å²) in [5, 5.41) is 4.80. The third kappa shape index (κ3) is 3.07. The van der Waals surface area contributed by atoms with E-state index in [1.54, 1.807) is 12.3 Å². The number of halogens is 3. The van der Waals surface area contributed by atoms with Crippen molar-refractivity contribution in [1.82, 2.24) is 15.2 Å². The number of rotatable bonds is 5. The molecule has 0 saturated carbocycles. The highest BCUT2D eigenvalue weighted by atomic mass is 35.5. The van der Waals surface area contributed by atoms with Crippen molar-refractivity contribution < 1.29 is 0 Å². The lowest BCUT2D eigenvalue weighted by atomic mass is 10.1. The number of hydrazine groups is 1. The summed E-state index contributed by atoms with van der Waals surface area (Å²) in [6, 6.07) is 1.46. The standard InChI is InChI=1S/C11H13Cl3N4S/c1-2-3-18-10(7(12)5-16-18)9(17-15)6-4-8(13)19-11(6)14/h4-5,9,17H,2-3,15H2,1H3. The molecule has 4 nitrogen and oxygen atoms in total. The zero-order chi connectivity index (χ0) is 14.0. The third-order valence-corrected chi connectivity index (χ3v) is 4.51. The summed E-state index contributed by atoms with van der Waals surface area (Å²) in [4.78, 5) is 0. The number of thiophene rings is 1. The van der Waals surface area contributed by atoms with Crippen LogP contribution in [0.25, 0.3) is 0 Å². The smallest absolute Gasteiger partial charge is 0.0996 e. The molecule has 0 aliphatic rings. The molecule has 0 aliphatic carbocycles. The number of aryl methyl sites for hydroxylation is 1. The van der Waals surface area contributed by atoms with Gasteiger partial charge in [-0.05, 0) is 12.5 Å².